The van der Waals surface area contributed by atoms with Crippen molar-refractivity contribution in [3.05, 3.63) is 21.9 Å². The van der Waals surface area contributed by atoms with Crippen molar-refractivity contribution in [1.29, 1.82) is 5.26 Å². The van der Waals surface area contributed by atoms with Crippen LogP contribution in [0.1, 0.15) is 48.5 Å². The summed E-state index contributed by atoms with van der Waals surface area (Å²) in [5, 5.41) is 20.0. The van der Waals surface area contributed by atoms with Crippen LogP contribution in [0.15, 0.2) is 12.1 Å². The van der Waals surface area contributed by atoms with Crippen molar-refractivity contribution < 1.29 is 5.11 Å². The first-order valence-electron chi connectivity index (χ1n) is 6.23. The highest BCUT2D eigenvalue weighted by atomic mass is 32.1. The zero-order valence-corrected chi connectivity index (χ0v) is 11.3. The molecule has 0 saturated heterocycles. The SMILES string of the molecule is Cc1ccc(C(O)C2(C#N)CCCC(C)C2)s1. The zero-order valence-electron chi connectivity index (χ0n) is 10.4. The molecule has 1 heterocycles. The third-order valence-corrected chi connectivity index (χ3v) is 4.86. The van der Waals surface area contributed by atoms with Gasteiger partial charge in [-0.3, -0.25) is 0 Å². The van der Waals surface area contributed by atoms with Crippen LogP contribution in [0.5, 0.6) is 0 Å². The highest BCUT2D eigenvalue weighted by molar-refractivity contribution is 7.12. The maximum Gasteiger partial charge on any atom is 0.107 e. The van der Waals surface area contributed by atoms with Crippen molar-refractivity contribution >= 4 is 11.3 Å². The quantitative estimate of drug-likeness (QED) is 0.866. The molecule has 0 radical (unpaired) electrons. The number of thiophene rings is 1. The lowest BCUT2D eigenvalue weighted by molar-refractivity contribution is 0.0244. The van der Waals surface area contributed by atoms with E-state index in [-0.39, 0.29) is 0 Å². The van der Waals surface area contributed by atoms with E-state index in [1.165, 1.54) is 11.3 Å². The van der Waals surface area contributed by atoms with Crippen LogP contribution in [-0.4, -0.2) is 5.11 Å². The summed E-state index contributed by atoms with van der Waals surface area (Å²) in [4.78, 5) is 2.13. The van der Waals surface area contributed by atoms with Crippen molar-refractivity contribution in [3.8, 4) is 6.07 Å². The third-order valence-electron chi connectivity index (χ3n) is 3.81. The van der Waals surface area contributed by atoms with Crippen LogP contribution in [-0.2, 0) is 0 Å². The molecule has 1 aliphatic rings. The van der Waals surface area contributed by atoms with Crippen molar-refractivity contribution in [2.24, 2.45) is 11.3 Å². The summed E-state index contributed by atoms with van der Waals surface area (Å²) < 4.78 is 0. The minimum Gasteiger partial charge on any atom is -0.386 e. The summed E-state index contributed by atoms with van der Waals surface area (Å²) in [6, 6.07) is 6.39. The summed E-state index contributed by atoms with van der Waals surface area (Å²) >= 11 is 1.60. The molecule has 3 unspecified atom stereocenters. The number of hydrogen-bond acceptors (Lipinski definition) is 3. The van der Waals surface area contributed by atoms with E-state index in [2.05, 4.69) is 13.0 Å². The number of aliphatic hydroxyl groups excluding tert-OH is 1. The molecule has 1 N–H and O–H groups in total. The van der Waals surface area contributed by atoms with Gasteiger partial charge in [0.25, 0.3) is 0 Å². The molecular weight excluding hydrogens is 230 g/mol. The molecule has 2 rings (SSSR count). The van der Waals surface area contributed by atoms with E-state index in [0.29, 0.717) is 5.92 Å². The van der Waals surface area contributed by atoms with Gasteiger partial charge in [-0.2, -0.15) is 5.26 Å². The Morgan fingerprint density at radius 2 is 2.35 bits per heavy atom. The van der Waals surface area contributed by atoms with Gasteiger partial charge in [0, 0.05) is 9.75 Å². The molecule has 0 aromatic carbocycles. The topological polar surface area (TPSA) is 44.0 Å². The first kappa shape index (κ1) is 12.6. The van der Waals surface area contributed by atoms with Crippen LogP contribution in [0.4, 0.5) is 0 Å². The molecule has 0 bridgehead atoms. The van der Waals surface area contributed by atoms with E-state index in [1.54, 1.807) is 11.3 Å². The Kier molecular flexibility index (Phi) is 3.56. The number of nitrogens with zero attached hydrogens (tertiary/aromatic N) is 1. The van der Waals surface area contributed by atoms with E-state index in [1.807, 2.05) is 19.1 Å². The average molecular weight is 249 g/mol. The van der Waals surface area contributed by atoms with Crippen molar-refractivity contribution in [1.82, 2.24) is 0 Å². The normalized spacial score (nSPS) is 30.8. The molecule has 1 saturated carbocycles. The summed E-state index contributed by atoms with van der Waals surface area (Å²) in [5.41, 5.74) is -0.561. The molecule has 1 fully saturated rings. The highest BCUT2D eigenvalue weighted by Crippen LogP contribution is 2.48. The lowest BCUT2D eigenvalue weighted by Gasteiger charge is -2.37. The van der Waals surface area contributed by atoms with Crippen molar-refractivity contribution in [2.75, 3.05) is 0 Å². The van der Waals surface area contributed by atoms with Gasteiger partial charge < -0.3 is 5.11 Å². The Labute approximate surface area is 107 Å². The minimum absolute atomic E-state index is 0.541. The molecule has 92 valence electrons. The summed E-state index contributed by atoms with van der Waals surface area (Å²) in [6.45, 7) is 4.21. The first-order valence-corrected chi connectivity index (χ1v) is 7.05. The predicted octanol–water partition coefficient (Wildman–Crippen LogP) is 3.81. The fourth-order valence-corrected chi connectivity index (χ4v) is 3.86. The van der Waals surface area contributed by atoms with Gasteiger partial charge in [0.2, 0.25) is 0 Å². The van der Waals surface area contributed by atoms with E-state index < -0.39 is 11.5 Å². The molecule has 0 aliphatic heterocycles. The maximum absolute atomic E-state index is 10.5. The van der Waals surface area contributed by atoms with Crippen LogP contribution in [0.3, 0.4) is 0 Å². The van der Waals surface area contributed by atoms with E-state index in [4.69, 9.17) is 0 Å². The smallest absolute Gasteiger partial charge is 0.107 e. The first-order chi connectivity index (χ1) is 8.07. The summed E-state index contributed by atoms with van der Waals surface area (Å²) in [7, 11) is 0. The Bertz CT molecular complexity index is 434. The lowest BCUT2D eigenvalue weighted by atomic mass is 9.67. The number of rotatable bonds is 2. The van der Waals surface area contributed by atoms with Gasteiger partial charge in [0.05, 0.1) is 11.5 Å². The van der Waals surface area contributed by atoms with E-state index in [0.717, 1.165) is 24.1 Å². The summed E-state index contributed by atoms with van der Waals surface area (Å²) in [5.74, 6) is 0.541. The van der Waals surface area contributed by atoms with Gasteiger partial charge in [-0.05, 0) is 37.8 Å². The second kappa shape index (κ2) is 4.80. The molecule has 1 aromatic heterocycles. The lowest BCUT2D eigenvalue weighted by Crippen LogP contribution is -2.32. The standard InChI is InChI=1S/C14H19NOS/c1-10-4-3-7-14(8-10,9-15)13(16)12-6-5-11(2)17-12/h5-6,10,13,16H,3-4,7-8H2,1-2H3. The van der Waals surface area contributed by atoms with Crippen LogP contribution in [0.25, 0.3) is 0 Å². The van der Waals surface area contributed by atoms with Crippen LogP contribution < -0.4 is 0 Å². The fraction of sp³-hybridized carbons (Fsp3) is 0.643. The Morgan fingerprint density at radius 1 is 1.59 bits per heavy atom. The van der Waals surface area contributed by atoms with Crippen LogP contribution in [0, 0.1) is 29.6 Å². The minimum atomic E-state index is -0.617. The molecule has 3 heteroatoms. The highest BCUT2D eigenvalue weighted by Gasteiger charge is 2.42. The summed E-state index contributed by atoms with van der Waals surface area (Å²) in [6.07, 6.45) is 3.26. The van der Waals surface area contributed by atoms with Gasteiger partial charge >= 0.3 is 0 Å². The zero-order chi connectivity index (χ0) is 12.5. The molecule has 17 heavy (non-hydrogen) atoms. The number of nitriles is 1. The van der Waals surface area contributed by atoms with Gasteiger partial charge in [-0.1, -0.05) is 19.8 Å². The molecule has 0 amide bonds. The van der Waals surface area contributed by atoms with Crippen molar-refractivity contribution in [3.63, 3.8) is 0 Å². The predicted molar refractivity (Wildman–Crippen MR) is 69.7 cm³/mol. The molecule has 1 aliphatic carbocycles. The van der Waals surface area contributed by atoms with Gasteiger partial charge in [0.1, 0.15) is 6.10 Å². The van der Waals surface area contributed by atoms with Gasteiger partial charge in [-0.15, -0.1) is 11.3 Å². The second-order valence-corrected chi connectivity index (χ2v) is 6.64. The monoisotopic (exact) mass is 249 g/mol. The van der Waals surface area contributed by atoms with Gasteiger partial charge in [-0.25, -0.2) is 0 Å². The Morgan fingerprint density at radius 3 is 2.88 bits per heavy atom. The van der Waals surface area contributed by atoms with E-state index >= 15 is 0 Å². The largest absolute Gasteiger partial charge is 0.386 e. The molecule has 3 atom stereocenters. The molecule has 2 nitrogen and oxygen atoms in total. The van der Waals surface area contributed by atoms with E-state index in [9.17, 15) is 10.4 Å². The second-order valence-electron chi connectivity index (χ2n) is 5.32. The Balaban J connectivity index is 2.26. The van der Waals surface area contributed by atoms with Crippen LogP contribution >= 0.6 is 11.3 Å². The maximum atomic E-state index is 10.5. The average Bonchev–Trinajstić information content (AvgIpc) is 2.74. The number of aryl methyl sites for hydroxylation is 1. The Hall–Kier alpha value is -0.850. The molecular formula is C14H19NOS. The van der Waals surface area contributed by atoms with Crippen LogP contribution in [0.2, 0.25) is 0 Å². The molecule has 1 aromatic rings. The van der Waals surface area contributed by atoms with Gasteiger partial charge in [0.15, 0.2) is 0 Å². The number of hydrogen-bond donors (Lipinski definition) is 1. The number of aliphatic hydroxyl groups is 1. The molecule has 0 spiro atoms. The third kappa shape index (κ3) is 2.38. The fourth-order valence-electron chi connectivity index (χ4n) is 2.88. The van der Waals surface area contributed by atoms with Crippen molar-refractivity contribution in [2.45, 2.75) is 45.6 Å².